The molecule has 0 saturated carbocycles. The first kappa shape index (κ1) is 18.8. The van der Waals surface area contributed by atoms with Crippen molar-refractivity contribution >= 4 is 27.8 Å². The first-order chi connectivity index (χ1) is 11.9. The molecule has 1 amide bonds. The van der Waals surface area contributed by atoms with Crippen LogP contribution in [0.2, 0.25) is 0 Å². The van der Waals surface area contributed by atoms with Crippen LogP contribution in [0.4, 0.5) is 0 Å². The number of hydrogen-bond acceptors (Lipinski definition) is 5. The minimum Gasteiger partial charge on any atom is -0.507 e. The van der Waals surface area contributed by atoms with Crippen LogP contribution in [0.1, 0.15) is 22.8 Å². The molecule has 2 aromatic carbocycles. The predicted octanol–water partition coefficient (Wildman–Crippen LogP) is 3.03. The number of phenols is 1. The Labute approximate surface area is 153 Å². The fourth-order valence-electron chi connectivity index (χ4n) is 2.03. The van der Waals surface area contributed by atoms with E-state index >= 15 is 0 Å². The third-order valence-corrected chi connectivity index (χ3v) is 3.95. The molecule has 0 unspecified atom stereocenters. The molecule has 0 bridgehead atoms. The second kappa shape index (κ2) is 8.53. The van der Waals surface area contributed by atoms with E-state index in [1.54, 1.807) is 25.3 Å². The van der Waals surface area contributed by atoms with E-state index < -0.39 is 18.0 Å². The highest BCUT2D eigenvalue weighted by Crippen LogP contribution is 2.23. The molecule has 2 N–H and O–H groups in total. The number of hydrogen-bond donors (Lipinski definition) is 2. The van der Waals surface area contributed by atoms with Crippen molar-refractivity contribution in [1.82, 2.24) is 5.32 Å². The monoisotopic (exact) mass is 407 g/mol. The van der Waals surface area contributed by atoms with E-state index in [0.29, 0.717) is 11.0 Å². The number of methoxy groups -OCH3 is 1. The summed E-state index contributed by atoms with van der Waals surface area (Å²) in [6.45, 7) is 1.77. The Morgan fingerprint density at radius 1 is 1.20 bits per heavy atom. The molecule has 6 nitrogen and oxygen atoms in total. The summed E-state index contributed by atoms with van der Waals surface area (Å²) in [5.74, 6) is -0.685. The third-order valence-electron chi connectivity index (χ3n) is 3.46. The number of phenolic OH excluding ortho intramolecular Hbond substituents is 1. The molecule has 0 spiro atoms. The molecule has 7 heteroatoms. The van der Waals surface area contributed by atoms with Crippen molar-refractivity contribution < 1.29 is 24.2 Å². The highest BCUT2D eigenvalue weighted by Gasteiger charge is 2.21. The van der Waals surface area contributed by atoms with E-state index in [4.69, 9.17) is 9.47 Å². The molecule has 0 aliphatic rings. The number of halogens is 1. The zero-order chi connectivity index (χ0) is 18.4. The van der Waals surface area contributed by atoms with Gasteiger partial charge in [0.15, 0.2) is 6.10 Å². The number of benzene rings is 2. The van der Waals surface area contributed by atoms with Gasteiger partial charge in [-0.3, -0.25) is 4.79 Å². The Hall–Kier alpha value is -2.54. The summed E-state index contributed by atoms with van der Waals surface area (Å²) in [7, 11) is 1.58. The van der Waals surface area contributed by atoms with Gasteiger partial charge in [0, 0.05) is 11.0 Å². The molecule has 0 radical (unpaired) electrons. The van der Waals surface area contributed by atoms with E-state index in [2.05, 4.69) is 21.2 Å². The van der Waals surface area contributed by atoms with Gasteiger partial charge in [0.05, 0.1) is 7.11 Å². The van der Waals surface area contributed by atoms with Crippen LogP contribution in [0.15, 0.2) is 46.9 Å². The van der Waals surface area contributed by atoms with Gasteiger partial charge in [-0.15, -0.1) is 0 Å². The van der Waals surface area contributed by atoms with Gasteiger partial charge >= 0.3 is 5.97 Å². The Morgan fingerprint density at radius 3 is 2.52 bits per heavy atom. The second-order valence-corrected chi connectivity index (χ2v) is 6.19. The molecule has 1 atom stereocenters. The molecule has 0 aromatic heterocycles. The van der Waals surface area contributed by atoms with Crippen LogP contribution in [0.25, 0.3) is 0 Å². The molecular weight excluding hydrogens is 390 g/mol. The average molecular weight is 408 g/mol. The molecule has 2 aromatic rings. The van der Waals surface area contributed by atoms with Crippen molar-refractivity contribution in [3.63, 3.8) is 0 Å². The topological polar surface area (TPSA) is 84.9 Å². The number of esters is 1. The smallest absolute Gasteiger partial charge is 0.342 e. The summed E-state index contributed by atoms with van der Waals surface area (Å²) >= 11 is 3.21. The van der Waals surface area contributed by atoms with Crippen molar-refractivity contribution in [3.05, 3.63) is 58.1 Å². The standard InChI is InChI=1S/C18H18BrNO5/c1-11(25-18(23)15-9-13(19)5-8-16(15)21)17(22)20-10-12-3-6-14(24-2)7-4-12/h3-9,11,21H,10H2,1-2H3,(H,20,22)/t11-/m1/s1. The molecule has 0 saturated heterocycles. The summed E-state index contributed by atoms with van der Waals surface area (Å²) in [4.78, 5) is 24.2. The highest BCUT2D eigenvalue weighted by molar-refractivity contribution is 9.10. The lowest BCUT2D eigenvalue weighted by Gasteiger charge is -2.14. The Kier molecular flexibility index (Phi) is 6.41. The van der Waals surface area contributed by atoms with Crippen molar-refractivity contribution in [1.29, 1.82) is 0 Å². The van der Waals surface area contributed by atoms with Gasteiger partial charge in [0.2, 0.25) is 0 Å². The van der Waals surface area contributed by atoms with E-state index in [0.717, 1.165) is 11.3 Å². The number of aromatic hydroxyl groups is 1. The maximum absolute atomic E-state index is 12.1. The van der Waals surface area contributed by atoms with E-state index in [9.17, 15) is 14.7 Å². The molecule has 25 heavy (non-hydrogen) atoms. The molecule has 0 heterocycles. The van der Waals surface area contributed by atoms with Crippen LogP contribution in [0.5, 0.6) is 11.5 Å². The second-order valence-electron chi connectivity index (χ2n) is 5.27. The maximum Gasteiger partial charge on any atom is 0.342 e. The summed E-state index contributed by atoms with van der Waals surface area (Å²) in [5.41, 5.74) is 0.876. The molecule has 0 aliphatic carbocycles. The molecule has 2 rings (SSSR count). The lowest BCUT2D eigenvalue weighted by Crippen LogP contribution is -2.35. The summed E-state index contributed by atoms with van der Waals surface area (Å²) in [6.07, 6.45) is -0.996. The van der Waals surface area contributed by atoms with Crippen LogP contribution in [-0.2, 0) is 16.1 Å². The lowest BCUT2D eigenvalue weighted by atomic mass is 10.2. The van der Waals surface area contributed by atoms with Gasteiger partial charge in [-0.05, 0) is 42.8 Å². The van der Waals surface area contributed by atoms with Gasteiger partial charge in [0.1, 0.15) is 17.1 Å². The fraction of sp³-hybridized carbons (Fsp3) is 0.222. The van der Waals surface area contributed by atoms with Gasteiger partial charge in [0.25, 0.3) is 5.91 Å². The van der Waals surface area contributed by atoms with Gasteiger partial charge in [-0.25, -0.2) is 4.79 Å². The number of carbonyl (C=O) groups is 2. The summed E-state index contributed by atoms with van der Waals surface area (Å²) in [5, 5.41) is 12.4. The average Bonchev–Trinajstić information content (AvgIpc) is 2.61. The fourth-order valence-corrected chi connectivity index (χ4v) is 2.39. The van der Waals surface area contributed by atoms with Crippen molar-refractivity contribution in [3.8, 4) is 11.5 Å². The van der Waals surface area contributed by atoms with Crippen LogP contribution in [0.3, 0.4) is 0 Å². The van der Waals surface area contributed by atoms with Gasteiger partial charge in [-0.2, -0.15) is 0 Å². The summed E-state index contributed by atoms with van der Waals surface area (Å²) in [6, 6.07) is 11.6. The quantitative estimate of drug-likeness (QED) is 0.718. The Morgan fingerprint density at radius 2 is 1.88 bits per heavy atom. The SMILES string of the molecule is COc1ccc(CNC(=O)[C@@H](C)OC(=O)c2cc(Br)ccc2O)cc1. The minimum absolute atomic E-state index is 0.0100. The highest BCUT2D eigenvalue weighted by atomic mass is 79.9. The zero-order valence-electron chi connectivity index (χ0n) is 13.8. The van der Waals surface area contributed by atoms with Crippen LogP contribution in [-0.4, -0.2) is 30.2 Å². The number of amides is 1. The van der Waals surface area contributed by atoms with E-state index in [1.165, 1.54) is 19.1 Å². The predicted molar refractivity (Wildman–Crippen MR) is 95.5 cm³/mol. The maximum atomic E-state index is 12.1. The molecule has 132 valence electrons. The van der Waals surface area contributed by atoms with Gasteiger partial charge in [-0.1, -0.05) is 28.1 Å². The first-order valence-electron chi connectivity index (χ1n) is 7.51. The molecule has 0 aliphatic heterocycles. The van der Waals surface area contributed by atoms with Crippen LogP contribution < -0.4 is 10.1 Å². The lowest BCUT2D eigenvalue weighted by molar-refractivity contribution is -0.129. The van der Waals surface area contributed by atoms with Gasteiger partial charge < -0.3 is 19.9 Å². The van der Waals surface area contributed by atoms with Crippen molar-refractivity contribution in [2.45, 2.75) is 19.6 Å². The Balaban J connectivity index is 1.90. The minimum atomic E-state index is -0.996. The molecular formula is C18H18BrNO5. The Bertz CT molecular complexity index is 761. The van der Waals surface area contributed by atoms with Crippen molar-refractivity contribution in [2.75, 3.05) is 7.11 Å². The zero-order valence-corrected chi connectivity index (χ0v) is 15.4. The molecule has 0 fully saturated rings. The third kappa shape index (κ3) is 5.22. The van der Waals surface area contributed by atoms with Crippen LogP contribution in [0, 0.1) is 0 Å². The number of nitrogens with one attached hydrogen (secondary N) is 1. The largest absolute Gasteiger partial charge is 0.507 e. The van der Waals surface area contributed by atoms with E-state index in [1.807, 2.05) is 12.1 Å². The van der Waals surface area contributed by atoms with E-state index in [-0.39, 0.29) is 11.3 Å². The summed E-state index contributed by atoms with van der Waals surface area (Å²) < 4.78 is 10.8. The number of ether oxygens (including phenoxy) is 2. The number of rotatable bonds is 6. The van der Waals surface area contributed by atoms with Crippen molar-refractivity contribution in [2.24, 2.45) is 0 Å². The number of carbonyl (C=O) groups excluding carboxylic acids is 2. The normalized spacial score (nSPS) is 11.5. The van der Waals surface area contributed by atoms with Crippen LogP contribution >= 0.6 is 15.9 Å². The first-order valence-corrected chi connectivity index (χ1v) is 8.30.